The number of likely N-dealkylation sites (tertiary alicyclic amines) is 1. The summed E-state index contributed by atoms with van der Waals surface area (Å²) in [5, 5.41) is 0. The highest BCUT2D eigenvalue weighted by molar-refractivity contribution is 5.87. The molecule has 1 heterocycles. The van der Waals surface area contributed by atoms with E-state index in [1.807, 2.05) is 30.3 Å². The van der Waals surface area contributed by atoms with Gasteiger partial charge in [-0.2, -0.15) is 0 Å². The van der Waals surface area contributed by atoms with Gasteiger partial charge in [0.1, 0.15) is 12.6 Å². The summed E-state index contributed by atoms with van der Waals surface area (Å²) in [6.07, 6.45) is 3.58. The molecule has 22 heavy (non-hydrogen) atoms. The number of amides is 1. The zero-order valence-electron chi connectivity index (χ0n) is 13.0. The number of carbonyl (C=O) groups excluding carboxylic acids is 2. The molecule has 2 atom stereocenters. The van der Waals surface area contributed by atoms with E-state index in [-0.39, 0.29) is 18.5 Å². The van der Waals surface area contributed by atoms with E-state index in [1.165, 1.54) is 0 Å². The van der Waals surface area contributed by atoms with Gasteiger partial charge in [-0.05, 0) is 25.3 Å². The molecule has 1 fully saturated rings. The molecule has 0 radical (unpaired) electrons. The molecule has 1 amide bonds. The maximum absolute atomic E-state index is 12.3. The van der Waals surface area contributed by atoms with Crippen LogP contribution in [0.15, 0.2) is 30.3 Å². The van der Waals surface area contributed by atoms with Crippen molar-refractivity contribution in [1.29, 1.82) is 0 Å². The molecule has 0 aromatic heterocycles. The molecule has 5 heteroatoms. The zero-order valence-corrected chi connectivity index (χ0v) is 13.0. The van der Waals surface area contributed by atoms with Gasteiger partial charge in [0.05, 0.1) is 6.04 Å². The first kappa shape index (κ1) is 16.5. The van der Waals surface area contributed by atoms with E-state index in [0.717, 1.165) is 24.8 Å². The van der Waals surface area contributed by atoms with Gasteiger partial charge in [0.25, 0.3) is 0 Å². The number of hydrogen-bond donors (Lipinski definition) is 1. The fourth-order valence-electron chi connectivity index (χ4n) is 2.63. The van der Waals surface area contributed by atoms with Crippen LogP contribution in [0.5, 0.6) is 0 Å². The van der Waals surface area contributed by atoms with Gasteiger partial charge in [0.2, 0.25) is 5.91 Å². The summed E-state index contributed by atoms with van der Waals surface area (Å²) in [5.41, 5.74) is 6.83. The van der Waals surface area contributed by atoms with E-state index < -0.39 is 12.1 Å². The van der Waals surface area contributed by atoms with Gasteiger partial charge in [-0.25, -0.2) is 4.79 Å². The van der Waals surface area contributed by atoms with E-state index in [2.05, 4.69) is 0 Å². The van der Waals surface area contributed by atoms with Crippen LogP contribution in [0.1, 0.15) is 38.2 Å². The summed E-state index contributed by atoms with van der Waals surface area (Å²) in [6, 6.07) is 8.39. The lowest BCUT2D eigenvalue weighted by Gasteiger charge is -2.31. The Hall–Kier alpha value is -1.88. The van der Waals surface area contributed by atoms with Gasteiger partial charge in [0, 0.05) is 6.54 Å². The SMILES string of the molecule is CC(C(=O)OCc1ccccc1)N1CCCCCC(N)C1=O. The molecule has 5 nitrogen and oxygen atoms in total. The summed E-state index contributed by atoms with van der Waals surface area (Å²) in [7, 11) is 0. The molecule has 1 aliphatic rings. The van der Waals surface area contributed by atoms with E-state index in [0.29, 0.717) is 13.0 Å². The highest BCUT2D eigenvalue weighted by Crippen LogP contribution is 2.15. The van der Waals surface area contributed by atoms with Gasteiger partial charge in [0.15, 0.2) is 0 Å². The average Bonchev–Trinajstić information content (AvgIpc) is 2.54. The Bertz CT molecular complexity index is 504. The second kappa shape index (κ2) is 7.94. The van der Waals surface area contributed by atoms with Crippen molar-refractivity contribution < 1.29 is 14.3 Å². The average molecular weight is 304 g/mol. The van der Waals surface area contributed by atoms with Gasteiger partial charge in [-0.1, -0.05) is 43.2 Å². The first-order chi connectivity index (χ1) is 10.6. The molecule has 120 valence electrons. The third-order valence-electron chi connectivity index (χ3n) is 4.05. The summed E-state index contributed by atoms with van der Waals surface area (Å²) in [6.45, 7) is 2.49. The summed E-state index contributed by atoms with van der Waals surface area (Å²) in [5.74, 6) is -0.533. The molecule has 1 aromatic rings. The molecule has 2 rings (SSSR count). The van der Waals surface area contributed by atoms with Crippen LogP contribution < -0.4 is 5.73 Å². The third kappa shape index (κ3) is 4.31. The van der Waals surface area contributed by atoms with Gasteiger partial charge in [-0.3, -0.25) is 4.79 Å². The maximum Gasteiger partial charge on any atom is 0.328 e. The van der Waals surface area contributed by atoms with Crippen LogP contribution in [0.4, 0.5) is 0 Å². The standard InChI is InChI=1S/C17H24N2O3/c1-13(17(21)22-12-14-8-4-2-5-9-14)19-11-7-3-6-10-15(18)16(19)20/h2,4-5,8-9,13,15H,3,6-7,10-12,18H2,1H3. The third-order valence-corrected chi connectivity index (χ3v) is 4.05. The minimum atomic E-state index is -0.597. The normalized spacial score (nSPS) is 20.9. The van der Waals surface area contributed by atoms with Crippen LogP contribution in [0, 0.1) is 0 Å². The lowest BCUT2D eigenvalue weighted by molar-refractivity contribution is -0.156. The number of benzene rings is 1. The number of ether oxygens (including phenoxy) is 1. The topological polar surface area (TPSA) is 72.6 Å². The van der Waals surface area contributed by atoms with Gasteiger partial charge < -0.3 is 15.4 Å². The van der Waals surface area contributed by atoms with E-state index in [1.54, 1.807) is 11.8 Å². The van der Waals surface area contributed by atoms with E-state index in [9.17, 15) is 9.59 Å². The molecule has 1 aromatic carbocycles. The van der Waals surface area contributed by atoms with Crippen molar-refractivity contribution in [2.24, 2.45) is 5.73 Å². The maximum atomic E-state index is 12.3. The van der Waals surface area contributed by atoms with Crippen molar-refractivity contribution in [3.63, 3.8) is 0 Å². The largest absolute Gasteiger partial charge is 0.459 e. The van der Waals surface area contributed by atoms with E-state index >= 15 is 0 Å². The summed E-state index contributed by atoms with van der Waals surface area (Å²) >= 11 is 0. The van der Waals surface area contributed by atoms with E-state index in [4.69, 9.17) is 10.5 Å². The molecule has 1 aliphatic heterocycles. The Morgan fingerprint density at radius 2 is 2.05 bits per heavy atom. The molecule has 0 bridgehead atoms. The highest BCUT2D eigenvalue weighted by Gasteiger charge is 2.30. The Labute approximate surface area is 131 Å². The Kier molecular flexibility index (Phi) is 5.95. The van der Waals surface area contributed by atoms with Crippen LogP contribution >= 0.6 is 0 Å². The van der Waals surface area contributed by atoms with Crippen LogP contribution in [-0.4, -0.2) is 35.4 Å². The van der Waals surface area contributed by atoms with Crippen molar-refractivity contribution in [2.45, 2.75) is 51.3 Å². The fourth-order valence-corrected chi connectivity index (χ4v) is 2.63. The number of hydrogen-bond acceptors (Lipinski definition) is 4. The summed E-state index contributed by atoms with van der Waals surface area (Å²) in [4.78, 5) is 26.1. The Morgan fingerprint density at radius 3 is 2.77 bits per heavy atom. The van der Waals surface area contributed by atoms with Crippen molar-refractivity contribution in [2.75, 3.05) is 6.54 Å². The molecule has 2 unspecified atom stereocenters. The monoisotopic (exact) mass is 304 g/mol. The number of nitrogens with two attached hydrogens (primary N) is 1. The highest BCUT2D eigenvalue weighted by atomic mass is 16.5. The van der Waals surface area contributed by atoms with Crippen LogP contribution in [0.3, 0.4) is 0 Å². The minimum Gasteiger partial charge on any atom is -0.459 e. The predicted molar refractivity (Wildman–Crippen MR) is 83.9 cm³/mol. The molecular weight excluding hydrogens is 280 g/mol. The van der Waals surface area contributed by atoms with Crippen LogP contribution in [0.25, 0.3) is 0 Å². The van der Waals surface area contributed by atoms with Gasteiger partial charge in [-0.15, -0.1) is 0 Å². The number of carbonyl (C=O) groups is 2. The van der Waals surface area contributed by atoms with Crippen molar-refractivity contribution >= 4 is 11.9 Å². The predicted octanol–water partition coefficient (Wildman–Crippen LogP) is 1.85. The quantitative estimate of drug-likeness (QED) is 0.862. The van der Waals surface area contributed by atoms with Crippen molar-refractivity contribution in [3.8, 4) is 0 Å². The summed E-state index contributed by atoms with van der Waals surface area (Å²) < 4.78 is 5.33. The van der Waals surface area contributed by atoms with Crippen molar-refractivity contribution in [1.82, 2.24) is 4.90 Å². The molecule has 2 N–H and O–H groups in total. The molecule has 0 aliphatic carbocycles. The number of rotatable bonds is 4. The number of esters is 1. The van der Waals surface area contributed by atoms with Crippen LogP contribution in [-0.2, 0) is 20.9 Å². The number of nitrogens with zero attached hydrogens (tertiary/aromatic N) is 1. The lowest BCUT2D eigenvalue weighted by Crippen LogP contribution is -2.51. The minimum absolute atomic E-state index is 0.149. The second-order valence-corrected chi connectivity index (χ2v) is 5.76. The second-order valence-electron chi connectivity index (χ2n) is 5.76. The molecule has 0 saturated carbocycles. The smallest absolute Gasteiger partial charge is 0.328 e. The van der Waals surface area contributed by atoms with Crippen molar-refractivity contribution in [3.05, 3.63) is 35.9 Å². The fraction of sp³-hybridized carbons (Fsp3) is 0.529. The zero-order chi connectivity index (χ0) is 15.9. The first-order valence-corrected chi connectivity index (χ1v) is 7.86. The molecule has 0 spiro atoms. The molecule has 1 saturated heterocycles. The Morgan fingerprint density at radius 1 is 1.32 bits per heavy atom. The Balaban J connectivity index is 1.94. The van der Waals surface area contributed by atoms with Crippen LogP contribution in [0.2, 0.25) is 0 Å². The lowest BCUT2D eigenvalue weighted by atomic mass is 10.0. The molecular formula is C17H24N2O3. The van der Waals surface area contributed by atoms with Gasteiger partial charge >= 0.3 is 5.97 Å². The first-order valence-electron chi connectivity index (χ1n) is 7.86.